The second-order valence-corrected chi connectivity index (χ2v) is 2.70. The number of carbonyl (C=O) groups is 1. The summed E-state index contributed by atoms with van der Waals surface area (Å²) in [6.45, 7) is 1.63. The molecule has 0 saturated heterocycles. The maximum absolute atomic E-state index is 13.0. The van der Waals surface area contributed by atoms with Crippen LogP contribution in [0, 0.1) is 18.3 Å². The SMILES string of the molecule is C#CC(C)NC(=O)c1cccnc1F. The topological polar surface area (TPSA) is 42.0 Å². The first kappa shape index (κ1) is 10.2. The van der Waals surface area contributed by atoms with Crippen molar-refractivity contribution in [1.82, 2.24) is 10.3 Å². The average molecular weight is 192 g/mol. The molecule has 0 aromatic carbocycles. The van der Waals surface area contributed by atoms with Crippen LogP contribution in [-0.4, -0.2) is 16.9 Å². The number of pyridine rings is 1. The van der Waals surface area contributed by atoms with Gasteiger partial charge < -0.3 is 5.32 Å². The first-order valence-corrected chi connectivity index (χ1v) is 4.02. The van der Waals surface area contributed by atoms with Gasteiger partial charge in [-0.1, -0.05) is 5.92 Å². The minimum absolute atomic E-state index is 0.102. The summed E-state index contributed by atoms with van der Waals surface area (Å²) in [4.78, 5) is 14.7. The Morgan fingerprint density at radius 3 is 3.07 bits per heavy atom. The van der Waals surface area contributed by atoms with Crippen molar-refractivity contribution < 1.29 is 9.18 Å². The second-order valence-electron chi connectivity index (χ2n) is 2.70. The van der Waals surface area contributed by atoms with E-state index in [1.807, 2.05) is 0 Å². The molecule has 0 aliphatic carbocycles. The normalized spacial score (nSPS) is 11.5. The summed E-state index contributed by atoms with van der Waals surface area (Å²) in [5, 5.41) is 2.43. The summed E-state index contributed by atoms with van der Waals surface area (Å²) in [5.41, 5.74) is -0.102. The zero-order valence-electron chi connectivity index (χ0n) is 7.62. The van der Waals surface area contributed by atoms with E-state index in [1.54, 1.807) is 6.92 Å². The van der Waals surface area contributed by atoms with Crippen molar-refractivity contribution >= 4 is 5.91 Å². The summed E-state index contributed by atoms with van der Waals surface area (Å²) < 4.78 is 13.0. The van der Waals surface area contributed by atoms with Gasteiger partial charge in [0.25, 0.3) is 5.91 Å². The lowest BCUT2D eigenvalue weighted by Crippen LogP contribution is -2.32. The van der Waals surface area contributed by atoms with Gasteiger partial charge in [0.2, 0.25) is 5.95 Å². The molecule has 1 amide bonds. The van der Waals surface area contributed by atoms with E-state index >= 15 is 0 Å². The van der Waals surface area contributed by atoms with Gasteiger partial charge in [-0.3, -0.25) is 4.79 Å². The lowest BCUT2D eigenvalue weighted by Gasteiger charge is -2.07. The fourth-order valence-corrected chi connectivity index (χ4v) is 0.871. The van der Waals surface area contributed by atoms with Crippen LogP contribution < -0.4 is 5.32 Å². The average Bonchev–Trinajstić information content (AvgIpc) is 2.18. The van der Waals surface area contributed by atoms with Crippen LogP contribution in [0.4, 0.5) is 4.39 Å². The maximum atomic E-state index is 13.0. The molecule has 1 aromatic heterocycles. The lowest BCUT2D eigenvalue weighted by molar-refractivity contribution is 0.0943. The van der Waals surface area contributed by atoms with Crippen molar-refractivity contribution in [3.63, 3.8) is 0 Å². The number of halogens is 1. The molecule has 0 aliphatic rings. The molecular formula is C10H9FN2O. The Hall–Kier alpha value is -1.89. The molecule has 1 unspecified atom stereocenters. The Kier molecular flexibility index (Phi) is 3.19. The van der Waals surface area contributed by atoms with Crippen molar-refractivity contribution in [2.75, 3.05) is 0 Å². The van der Waals surface area contributed by atoms with Crippen molar-refractivity contribution in [3.05, 3.63) is 29.8 Å². The van der Waals surface area contributed by atoms with E-state index in [1.165, 1.54) is 18.3 Å². The third-order valence-corrected chi connectivity index (χ3v) is 1.60. The predicted molar refractivity (Wildman–Crippen MR) is 50.0 cm³/mol. The molecule has 3 nitrogen and oxygen atoms in total. The van der Waals surface area contributed by atoms with E-state index in [4.69, 9.17) is 6.42 Å². The molecule has 0 radical (unpaired) electrons. The molecule has 1 rings (SSSR count). The fraction of sp³-hybridized carbons (Fsp3) is 0.200. The number of nitrogens with zero attached hydrogens (tertiary/aromatic N) is 1. The molecular weight excluding hydrogens is 183 g/mol. The Morgan fingerprint density at radius 1 is 1.79 bits per heavy atom. The first-order chi connectivity index (χ1) is 6.65. The minimum atomic E-state index is -0.797. The Balaban J connectivity index is 2.81. The zero-order valence-corrected chi connectivity index (χ0v) is 7.62. The van der Waals surface area contributed by atoms with Crippen LogP contribution in [0.1, 0.15) is 17.3 Å². The highest BCUT2D eigenvalue weighted by Crippen LogP contribution is 2.02. The van der Waals surface area contributed by atoms with Gasteiger partial charge in [0, 0.05) is 6.20 Å². The largest absolute Gasteiger partial charge is 0.339 e. The van der Waals surface area contributed by atoms with Crippen molar-refractivity contribution in [1.29, 1.82) is 0 Å². The third-order valence-electron chi connectivity index (χ3n) is 1.60. The maximum Gasteiger partial charge on any atom is 0.256 e. The van der Waals surface area contributed by atoms with E-state index in [9.17, 15) is 9.18 Å². The monoisotopic (exact) mass is 192 g/mol. The highest BCUT2D eigenvalue weighted by atomic mass is 19.1. The van der Waals surface area contributed by atoms with Crippen LogP contribution in [0.3, 0.4) is 0 Å². The van der Waals surface area contributed by atoms with Crippen LogP contribution >= 0.6 is 0 Å². The number of carbonyl (C=O) groups excluding carboxylic acids is 1. The summed E-state index contributed by atoms with van der Waals surface area (Å²) in [5.74, 6) is 0.959. The fourth-order valence-electron chi connectivity index (χ4n) is 0.871. The van der Waals surface area contributed by atoms with Crippen molar-refractivity contribution in [2.24, 2.45) is 0 Å². The van der Waals surface area contributed by atoms with Gasteiger partial charge in [-0.05, 0) is 19.1 Å². The highest BCUT2D eigenvalue weighted by molar-refractivity contribution is 5.94. The van der Waals surface area contributed by atoms with E-state index in [0.29, 0.717) is 0 Å². The van der Waals surface area contributed by atoms with Crippen LogP contribution in [0.5, 0.6) is 0 Å². The highest BCUT2D eigenvalue weighted by Gasteiger charge is 2.12. The Bertz CT molecular complexity index is 384. The number of hydrogen-bond acceptors (Lipinski definition) is 2. The number of rotatable bonds is 2. The number of hydrogen-bond donors (Lipinski definition) is 1. The molecule has 72 valence electrons. The zero-order chi connectivity index (χ0) is 10.6. The molecule has 1 N–H and O–H groups in total. The van der Waals surface area contributed by atoms with Crippen LogP contribution in [0.15, 0.2) is 18.3 Å². The van der Waals surface area contributed by atoms with E-state index in [-0.39, 0.29) is 5.56 Å². The Labute approximate surface area is 81.4 Å². The summed E-state index contributed by atoms with van der Waals surface area (Å²) in [6.07, 6.45) is 6.34. The van der Waals surface area contributed by atoms with Gasteiger partial charge in [-0.25, -0.2) is 4.98 Å². The van der Waals surface area contributed by atoms with E-state index in [0.717, 1.165) is 0 Å². The minimum Gasteiger partial charge on any atom is -0.339 e. The predicted octanol–water partition coefficient (Wildman–Crippen LogP) is 0.972. The Morgan fingerprint density at radius 2 is 2.50 bits per heavy atom. The van der Waals surface area contributed by atoms with Crippen molar-refractivity contribution in [2.45, 2.75) is 13.0 Å². The number of amides is 1. The molecule has 0 aliphatic heterocycles. The smallest absolute Gasteiger partial charge is 0.256 e. The molecule has 1 aromatic rings. The molecule has 0 bridgehead atoms. The molecule has 0 fully saturated rings. The van der Waals surface area contributed by atoms with Crippen molar-refractivity contribution in [3.8, 4) is 12.3 Å². The van der Waals surface area contributed by atoms with E-state index in [2.05, 4.69) is 16.2 Å². The quantitative estimate of drug-likeness (QED) is 0.560. The van der Waals surface area contributed by atoms with Gasteiger partial charge in [-0.15, -0.1) is 6.42 Å². The van der Waals surface area contributed by atoms with Crippen LogP contribution in [0.2, 0.25) is 0 Å². The lowest BCUT2D eigenvalue weighted by atomic mass is 10.2. The third kappa shape index (κ3) is 2.30. The molecule has 1 atom stereocenters. The summed E-state index contributed by atoms with van der Waals surface area (Å²) in [7, 11) is 0. The summed E-state index contributed by atoms with van der Waals surface area (Å²) >= 11 is 0. The standard InChI is InChI=1S/C10H9FN2O/c1-3-7(2)13-10(14)8-5-4-6-12-9(8)11/h1,4-7H,2H3,(H,13,14). The van der Waals surface area contributed by atoms with Gasteiger partial charge in [0.15, 0.2) is 0 Å². The van der Waals surface area contributed by atoms with Crippen LogP contribution in [-0.2, 0) is 0 Å². The number of aromatic nitrogens is 1. The summed E-state index contributed by atoms with van der Waals surface area (Å²) in [6, 6.07) is 2.40. The number of nitrogens with one attached hydrogen (secondary N) is 1. The molecule has 4 heteroatoms. The first-order valence-electron chi connectivity index (χ1n) is 4.02. The van der Waals surface area contributed by atoms with Crippen LogP contribution in [0.25, 0.3) is 0 Å². The molecule has 0 saturated carbocycles. The molecule has 0 spiro atoms. The second kappa shape index (κ2) is 4.38. The van der Waals surface area contributed by atoms with E-state index < -0.39 is 17.9 Å². The van der Waals surface area contributed by atoms with Gasteiger partial charge in [0.05, 0.1) is 11.6 Å². The number of terminal acetylenes is 1. The molecule has 1 heterocycles. The molecule has 14 heavy (non-hydrogen) atoms. The van der Waals surface area contributed by atoms with Gasteiger partial charge in [0.1, 0.15) is 0 Å². The van der Waals surface area contributed by atoms with Gasteiger partial charge >= 0.3 is 0 Å². The van der Waals surface area contributed by atoms with Gasteiger partial charge in [-0.2, -0.15) is 4.39 Å².